The minimum absolute atomic E-state index is 0.0749. The molecule has 0 N–H and O–H groups in total. The van der Waals surface area contributed by atoms with Crippen LogP contribution in [0.1, 0.15) is 44.3 Å². The molecule has 0 bridgehead atoms. The van der Waals surface area contributed by atoms with E-state index in [0.717, 1.165) is 19.4 Å². The highest BCUT2D eigenvalue weighted by Crippen LogP contribution is 2.35. The zero-order valence-corrected chi connectivity index (χ0v) is 15.2. The van der Waals surface area contributed by atoms with Crippen LogP contribution in [0.25, 0.3) is 6.08 Å². The fraction of sp³-hybridized carbons (Fsp3) is 0.556. The second kappa shape index (κ2) is 8.01. The maximum atomic E-state index is 12.4. The van der Waals surface area contributed by atoms with Gasteiger partial charge in [-0.3, -0.25) is 4.79 Å². The van der Waals surface area contributed by atoms with E-state index in [1.807, 2.05) is 4.90 Å². The largest absolute Gasteiger partial charge is 0.452 e. The summed E-state index contributed by atoms with van der Waals surface area (Å²) in [6, 6.07) is 3.82. The van der Waals surface area contributed by atoms with Crippen LogP contribution in [0.4, 0.5) is 0 Å². The Morgan fingerprint density at radius 1 is 1.25 bits per heavy atom. The van der Waals surface area contributed by atoms with E-state index in [1.54, 1.807) is 12.1 Å². The van der Waals surface area contributed by atoms with Gasteiger partial charge in [0.2, 0.25) is 0 Å². The smallest absolute Gasteiger partial charge is 0.331 e. The molecule has 1 saturated heterocycles. The van der Waals surface area contributed by atoms with E-state index in [-0.39, 0.29) is 12.5 Å². The summed E-state index contributed by atoms with van der Waals surface area (Å²) in [6.45, 7) is 0.599. The number of hydrogen-bond acceptors (Lipinski definition) is 4. The molecular formula is C18H22BrNO4. The molecule has 24 heavy (non-hydrogen) atoms. The van der Waals surface area contributed by atoms with Gasteiger partial charge >= 0.3 is 5.97 Å². The molecule has 2 fully saturated rings. The van der Waals surface area contributed by atoms with Crippen molar-refractivity contribution in [2.75, 3.05) is 13.2 Å². The minimum atomic E-state index is -0.534. The highest BCUT2D eigenvalue weighted by atomic mass is 79.9. The van der Waals surface area contributed by atoms with Gasteiger partial charge in [0, 0.05) is 18.7 Å². The SMILES string of the molecule is O=C(/C=C/c1ccc(Br)o1)OCC(=O)N1CCC[C@@H]2CCCC[C@H]21. The van der Waals surface area contributed by atoms with Crippen LogP contribution in [0.5, 0.6) is 0 Å². The summed E-state index contributed by atoms with van der Waals surface area (Å²) < 4.78 is 11.0. The van der Waals surface area contributed by atoms with Crippen molar-refractivity contribution >= 4 is 33.9 Å². The highest BCUT2D eigenvalue weighted by Gasteiger charge is 2.35. The molecule has 2 atom stereocenters. The number of hydrogen-bond donors (Lipinski definition) is 0. The molecule has 130 valence electrons. The number of ether oxygens (including phenoxy) is 1. The van der Waals surface area contributed by atoms with E-state index in [9.17, 15) is 9.59 Å². The summed E-state index contributed by atoms with van der Waals surface area (Å²) in [6.07, 6.45) is 9.82. The molecule has 0 spiro atoms. The van der Waals surface area contributed by atoms with Gasteiger partial charge in [0.1, 0.15) is 5.76 Å². The van der Waals surface area contributed by atoms with Gasteiger partial charge in [-0.2, -0.15) is 0 Å². The van der Waals surface area contributed by atoms with Crippen LogP contribution in [0.2, 0.25) is 0 Å². The van der Waals surface area contributed by atoms with Gasteiger partial charge < -0.3 is 14.1 Å². The number of furan rings is 1. The maximum Gasteiger partial charge on any atom is 0.331 e. The molecule has 1 amide bonds. The molecule has 1 aromatic heterocycles. The summed E-state index contributed by atoms with van der Waals surface area (Å²) in [7, 11) is 0. The minimum Gasteiger partial charge on any atom is -0.452 e. The van der Waals surface area contributed by atoms with E-state index >= 15 is 0 Å². The quantitative estimate of drug-likeness (QED) is 0.574. The molecule has 6 heteroatoms. The van der Waals surface area contributed by atoms with Gasteiger partial charge in [-0.25, -0.2) is 4.79 Å². The number of rotatable bonds is 4. The number of carbonyl (C=O) groups excluding carboxylic acids is 2. The monoisotopic (exact) mass is 395 g/mol. The third-order valence-corrected chi connectivity index (χ3v) is 5.31. The Hall–Kier alpha value is -1.56. The third kappa shape index (κ3) is 4.29. The van der Waals surface area contributed by atoms with Gasteiger partial charge in [0.25, 0.3) is 5.91 Å². The second-order valence-electron chi connectivity index (χ2n) is 6.42. The third-order valence-electron chi connectivity index (χ3n) is 4.88. The number of likely N-dealkylation sites (tertiary alicyclic amines) is 1. The van der Waals surface area contributed by atoms with Gasteiger partial charge in [0.05, 0.1) is 0 Å². The Kier molecular flexibility index (Phi) is 5.76. The summed E-state index contributed by atoms with van der Waals surface area (Å²) >= 11 is 3.19. The lowest BCUT2D eigenvalue weighted by molar-refractivity contribution is -0.151. The van der Waals surface area contributed by atoms with Crippen molar-refractivity contribution in [3.05, 3.63) is 28.6 Å². The lowest BCUT2D eigenvalue weighted by atomic mass is 9.78. The number of halogens is 1. The van der Waals surface area contributed by atoms with Crippen molar-refractivity contribution in [1.29, 1.82) is 0 Å². The summed E-state index contributed by atoms with van der Waals surface area (Å²) in [5, 5.41) is 0. The zero-order valence-electron chi connectivity index (χ0n) is 13.6. The Balaban J connectivity index is 1.49. The molecule has 1 aliphatic carbocycles. The average molecular weight is 396 g/mol. The first-order valence-corrected chi connectivity index (χ1v) is 9.32. The summed E-state index contributed by atoms with van der Waals surface area (Å²) in [4.78, 5) is 26.1. The highest BCUT2D eigenvalue weighted by molar-refractivity contribution is 9.10. The summed E-state index contributed by atoms with van der Waals surface area (Å²) in [5.41, 5.74) is 0. The van der Waals surface area contributed by atoms with E-state index in [1.165, 1.54) is 37.8 Å². The zero-order chi connectivity index (χ0) is 16.9. The topological polar surface area (TPSA) is 59.8 Å². The van der Waals surface area contributed by atoms with Crippen molar-refractivity contribution in [2.45, 2.75) is 44.6 Å². The number of nitrogens with zero attached hydrogens (tertiary/aromatic N) is 1. The molecule has 0 unspecified atom stereocenters. The normalized spacial score (nSPS) is 24.0. The van der Waals surface area contributed by atoms with Crippen molar-refractivity contribution in [1.82, 2.24) is 4.90 Å². The average Bonchev–Trinajstić information content (AvgIpc) is 3.02. The van der Waals surface area contributed by atoms with Crippen molar-refractivity contribution in [3.8, 4) is 0 Å². The number of piperidine rings is 1. The molecule has 0 aromatic carbocycles. The fourth-order valence-corrected chi connectivity index (χ4v) is 4.09. The number of amides is 1. The van der Waals surface area contributed by atoms with Crippen molar-refractivity contribution in [2.24, 2.45) is 5.92 Å². The predicted molar refractivity (Wildman–Crippen MR) is 93.1 cm³/mol. The Labute approximate surface area is 150 Å². The molecule has 5 nitrogen and oxygen atoms in total. The first-order chi connectivity index (χ1) is 11.6. The molecule has 2 heterocycles. The van der Waals surface area contributed by atoms with E-state index in [0.29, 0.717) is 22.4 Å². The molecule has 1 aliphatic heterocycles. The van der Waals surface area contributed by atoms with Gasteiger partial charge in [-0.15, -0.1) is 0 Å². The maximum absolute atomic E-state index is 12.4. The molecule has 1 aromatic rings. The molecule has 2 aliphatic rings. The van der Waals surface area contributed by atoms with Gasteiger partial charge in [-0.05, 0) is 65.7 Å². The standard InChI is InChI=1S/C18H22BrNO4/c19-16-9-7-14(24-16)8-10-18(22)23-12-17(21)20-11-3-5-13-4-1-2-6-15(13)20/h7-10,13,15H,1-6,11-12H2/b10-8+/t13-,15+/m0/s1. The molecule has 0 radical (unpaired) electrons. The van der Waals surface area contributed by atoms with E-state index < -0.39 is 5.97 Å². The molecular weight excluding hydrogens is 374 g/mol. The van der Waals surface area contributed by atoms with Gasteiger partial charge in [0.15, 0.2) is 11.3 Å². The van der Waals surface area contributed by atoms with Crippen molar-refractivity contribution < 1.29 is 18.7 Å². The molecule has 1 saturated carbocycles. The Morgan fingerprint density at radius 3 is 2.83 bits per heavy atom. The van der Waals surface area contributed by atoms with Crippen LogP contribution >= 0.6 is 15.9 Å². The first kappa shape index (κ1) is 17.3. The summed E-state index contributed by atoms with van der Waals surface area (Å²) in [5.74, 6) is 0.567. The van der Waals surface area contributed by atoms with Crippen LogP contribution in [0.3, 0.4) is 0 Å². The van der Waals surface area contributed by atoms with E-state index in [2.05, 4.69) is 15.9 Å². The second-order valence-corrected chi connectivity index (χ2v) is 7.21. The number of esters is 1. The van der Waals surface area contributed by atoms with Crippen LogP contribution in [0, 0.1) is 5.92 Å². The lowest BCUT2D eigenvalue weighted by Gasteiger charge is -2.44. The fourth-order valence-electron chi connectivity index (χ4n) is 3.77. The Bertz CT molecular complexity index is 622. The Morgan fingerprint density at radius 2 is 2.04 bits per heavy atom. The van der Waals surface area contributed by atoms with Crippen LogP contribution in [-0.4, -0.2) is 36.0 Å². The predicted octanol–water partition coefficient (Wildman–Crippen LogP) is 3.78. The van der Waals surface area contributed by atoms with Crippen molar-refractivity contribution in [3.63, 3.8) is 0 Å². The molecule has 3 rings (SSSR count). The van der Waals surface area contributed by atoms with Crippen LogP contribution in [-0.2, 0) is 14.3 Å². The van der Waals surface area contributed by atoms with Crippen LogP contribution < -0.4 is 0 Å². The number of fused-ring (bicyclic) bond motifs is 1. The first-order valence-electron chi connectivity index (χ1n) is 8.53. The van der Waals surface area contributed by atoms with Crippen LogP contribution in [0.15, 0.2) is 27.3 Å². The van der Waals surface area contributed by atoms with E-state index in [4.69, 9.17) is 9.15 Å². The van der Waals surface area contributed by atoms with Gasteiger partial charge in [-0.1, -0.05) is 12.8 Å². The number of carbonyl (C=O) groups is 2. The lowest BCUT2D eigenvalue weighted by Crippen LogP contribution is -2.50.